The SMILES string of the molecule is C#CCN(C(=O)CCl)c1ccccc1C(=O)c1ccc(-c2ccccc2)cc1. The third-order valence-electron chi connectivity index (χ3n) is 4.36. The summed E-state index contributed by atoms with van der Waals surface area (Å²) in [7, 11) is 0. The van der Waals surface area contributed by atoms with E-state index in [0.717, 1.165) is 11.1 Å². The third-order valence-corrected chi connectivity index (χ3v) is 4.59. The van der Waals surface area contributed by atoms with Crippen molar-refractivity contribution in [3.8, 4) is 23.5 Å². The summed E-state index contributed by atoms with van der Waals surface area (Å²) in [4.78, 5) is 26.7. The normalized spacial score (nSPS) is 10.1. The van der Waals surface area contributed by atoms with Gasteiger partial charge in [0.1, 0.15) is 5.88 Å². The second-order valence-electron chi connectivity index (χ2n) is 6.11. The summed E-state index contributed by atoms with van der Waals surface area (Å²) in [5.41, 5.74) is 3.50. The van der Waals surface area contributed by atoms with Crippen LogP contribution in [0.15, 0.2) is 78.9 Å². The van der Waals surface area contributed by atoms with Gasteiger partial charge in [0.25, 0.3) is 0 Å². The quantitative estimate of drug-likeness (QED) is 0.346. The molecule has 0 fully saturated rings. The van der Waals surface area contributed by atoms with Gasteiger partial charge in [-0.15, -0.1) is 18.0 Å². The van der Waals surface area contributed by atoms with Gasteiger partial charge in [-0.1, -0.05) is 72.7 Å². The minimum Gasteiger partial charge on any atom is -0.299 e. The van der Waals surface area contributed by atoms with Gasteiger partial charge >= 0.3 is 0 Å². The van der Waals surface area contributed by atoms with E-state index in [4.69, 9.17) is 18.0 Å². The fraction of sp³-hybridized carbons (Fsp3) is 0.0833. The fourth-order valence-corrected chi connectivity index (χ4v) is 3.12. The number of carbonyl (C=O) groups excluding carboxylic acids is 2. The third kappa shape index (κ3) is 4.14. The molecule has 0 saturated carbocycles. The molecule has 0 unspecified atom stereocenters. The van der Waals surface area contributed by atoms with E-state index in [1.54, 1.807) is 36.4 Å². The number of nitrogens with zero attached hydrogens (tertiary/aromatic N) is 1. The summed E-state index contributed by atoms with van der Waals surface area (Å²) >= 11 is 5.71. The number of amides is 1. The number of hydrogen-bond acceptors (Lipinski definition) is 2. The van der Waals surface area contributed by atoms with Crippen molar-refractivity contribution >= 4 is 29.0 Å². The van der Waals surface area contributed by atoms with Gasteiger partial charge in [-0.05, 0) is 23.3 Å². The van der Waals surface area contributed by atoms with Crippen LogP contribution in [0.1, 0.15) is 15.9 Å². The number of hydrogen-bond donors (Lipinski definition) is 0. The summed E-state index contributed by atoms with van der Waals surface area (Å²) in [6.45, 7) is 0.0444. The smallest absolute Gasteiger partial charge is 0.242 e. The number of para-hydroxylation sites is 1. The minimum atomic E-state index is -0.348. The van der Waals surface area contributed by atoms with Crippen LogP contribution in [0.25, 0.3) is 11.1 Å². The van der Waals surface area contributed by atoms with Crippen molar-refractivity contribution in [3.05, 3.63) is 90.0 Å². The van der Waals surface area contributed by atoms with Crippen LogP contribution in [0, 0.1) is 12.3 Å². The molecule has 0 bridgehead atoms. The van der Waals surface area contributed by atoms with E-state index in [1.807, 2.05) is 42.5 Å². The molecule has 3 aromatic rings. The first-order valence-corrected chi connectivity index (χ1v) is 9.28. The lowest BCUT2D eigenvalue weighted by molar-refractivity contribution is -0.116. The lowest BCUT2D eigenvalue weighted by Gasteiger charge is -2.22. The Morgan fingerprint density at radius 1 is 0.857 bits per heavy atom. The fourth-order valence-electron chi connectivity index (χ4n) is 2.97. The molecule has 1 amide bonds. The summed E-state index contributed by atoms with van der Waals surface area (Å²) in [6, 6.07) is 24.2. The van der Waals surface area contributed by atoms with E-state index < -0.39 is 0 Å². The zero-order valence-corrected chi connectivity index (χ0v) is 15.9. The van der Waals surface area contributed by atoms with Gasteiger partial charge in [0, 0.05) is 11.1 Å². The van der Waals surface area contributed by atoms with Crippen molar-refractivity contribution in [1.29, 1.82) is 0 Å². The molecule has 0 atom stereocenters. The van der Waals surface area contributed by atoms with Crippen LogP contribution in [0.4, 0.5) is 5.69 Å². The lowest BCUT2D eigenvalue weighted by Crippen LogP contribution is -2.33. The van der Waals surface area contributed by atoms with E-state index in [9.17, 15) is 9.59 Å². The van der Waals surface area contributed by atoms with E-state index in [1.165, 1.54) is 4.90 Å². The van der Waals surface area contributed by atoms with Crippen LogP contribution in [0.3, 0.4) is 0 Å². The second kappa shape index (κ2) is 9.03. The largest absolute Gasteiger partial charge is 0.299 e. The highest BCUT2D eigenvalue weighted by molar-refractivity contribution is 6.30. The van der Waals surface area contributed by atoms with Gasteiger partial charge in [-0.2, -0.15) is 0 Å². The van der Waals surface area contributed by atoms with Gasteiger partial charge < -0.3 is 0 Å². The second-order valence-corrected chi connectivity index (χ2v) is 6.37. The summed E-state index contributed by atoms with van der Waals surface area (Å²) < 4.78 is 0. The molecule has 0 spiro atoms. The van der Waals surface area contributed by atoms with E-state index in [2.05, 4.69) is 5.92 Å². The van der Waals surface area contributed by atoms with Crippen molar-refractivity contribution in [2.24, 2.45) is 0 Å². The molecule has 3 aromatic carbocycles. The van der Waals surface area contributed by atoms with Crippen LogP contribution in [0.5, 0.6) is 0 Å². The number of anilines is 1. The monoisotopic (exact) mass is 387 g/mol. The molecule has 0 aliphatic heterocycles. The molecule has 0 aromatic heterocycles. The number of carbonyl (C=O) groups is 2. The molecule has 0 aliphatic rings. The van der Waals surface area contributed by atoms with Crippen molar-refractivity contribution in [2.75, 3.05) is 17.3 Å². The molecule has 4 heteroatoms. The number of alkyl halides is 1. The molecule has 0 heterocycles. The van der Waals surface area contributed by atoms with E-state index in [-0.39, 0.29) is 24.1 Å². The minimum absolute atomic E-state index is 0.0444. The summed E-state index contributed by atoms with van der Waals surface area (Å²) in [5, 5.41) is 0. The number of halogens is 1. The number of benzene rings is 3. The Labute approximate surface area is 169 Å². The average Bonchev–Trinajstić information content (AvgIpc) is 2.77. The first-order valence-electron chi connectivity index (χ1n) is 8.74. The van der Waals surface area contributed by atoms with Gasteiger partial charge in [0.05, 0.1) is 12.2 Å². The standard InChI is InChI=1S/C24H18ClNO2/c1-2-16-26(23(27)17-25)22-11-7-6-10-21(22)24(28)20-14-12-19(13-15-20)18-8-4-3-5-9-18/h1,3-15H,16-17H2. The topological polar surface area (TPSA) is 37.4 Å². The number of ketones is 1. The van der Waals surface area contributed by atoms with Gasteiger partial charge in [0.15, 0.2) is 5.78 Å². The van der Waals surface area contributed by atoms with Gasteiger partial charge in [-0.25, -0.2) is 0 Å². The first kappa shape index (κ1) is 19.4. The zero-order valence-electron chi connectivity index (χ0n) is 15.1. The van der Waals surface area contributed by atoms with Crippen LogP contribution < -0.4 is 4.90 Å². The molecule has 28 heavy (non-hydrogen) atoms. The van der Waals surface area contributed by atoms with Gasteiger partial charge in [-0.3, -0.25) is 14.5 Å². The highest BCUT2D eigenvalue weighted by Crippen LogP contribution is 2.25. The van der Waals surface area contributed by atoms with Crippen LogP contribution in [-0.4, -0.2) is 24.1 Å². The molecule has 0 N–H and O–H groups in total. The Balaban J connectivity index is 1.95. The highest BCUT2D eigenvalue weighted by Gasteiger charge is 2.21. The molecule has 3 rings (SSSR count). The molecular formula is C24H18ClNO2. The predicted octanol–water partition coefficient (Wildman–Crippen LogP) is 4.79. The van der Waals surface area contributed by atoms with Crippen LogP contribution >= 0.6 is 11.6 Å². The zero-order chi connectivity index (χ0) is 19.9. The molecule has 138 valence electrons. The Hall–Kier alpha value is -3.35. The Bertz CT molecular complexity index is 1020. The Kier molecular flexibility index (Phi) is 6.26. The molecule has 0 radical (unpaired) electrons. The van der Waals surface area contributed by atoms with Crippen LogP contribution in [0.2, 0.25) is 0 Å². The van der Waals surface area contributed by atoms with E-state index in [0.29, 0.717) is 16.8 Å². The maximum Gasteiger partial charge on any atom is 0.242 e. The van der Waals surface area contributed by atoms with Crippen molar-refractivity contribution in [3.63, 3.8) is 0 Å². The van der Waals surface area contributed by atoms with Crippen molar-refractivity contribution < 1.29 is 9.59 Å². The molecule has 0 saturated heterocycles. The average molecular weight is 388 g/mol. The van der Waals surface area contributed by atoms with Gasteiger partial charge in [0.2, 0.25) is 5.91 Å². The maximum absolute atomic E-state index is 13.1. The summed E-state index contributed by atoms with van der Waals surface area (Å²) in [6.07, 6.45) is 5.40. The highest BCUT2D eigenvalue weighted by atomic mass is 35.5. The van der Waals surface area contributed by atoms with Crippen molar-refractivity contribution in [1.82, 2.24) is 0 Å². The first-order chi connectivity index (χ1) is 13.7. The molecular weight excluding hydrogens is 370 g/mol. The van der Waals surface area contributed by atoms with E-state index >= 15 is 0 Å². The summed E-state index contributed by atoms with van der Waals surface area (Å²) in [5.74, 6) is 1.71. The lowest BCUT2D eigenvalue weighted by atomic mass is 9.98. The molecule has 3 nitrogen and oxygen atoms in total. The maximum atomic E-state index is 13.1. The van der Waals surface area contributed by atoms with Crippen LogP contribution in [-0.2, 0) is 4.79 Å². The predicted molar refractivity (Wildman–Crippen MR) is 114 cm³/mol. The molecule has 0 aliphatic carbocycles. The Morgan fingerprint density at radius 2 is 1.46 bits per heavy atom. The van der Waals surface area contributed by atoms with Crippen molar-refractivity contribution in [2.45, 2.75) is 0 Å². The number of terminal acetylenes is 1. The number of rotatable bonds is 6. The Morgan fingerprint density at radius 3 is 2.11 bits per heavy atom.